The molecule has 0 aromatic rings. The fourth-order valence-electron chi connectivity index (χ4n) is 3.13. The molecule has 2 heterocycles. The molecule has 2 unspecified atom stereocenters. The van der Waals surface area contributed by atoms with Gasteiger partial charge in [-0.15, -0.1) is 0 Å². The molecule has 2 rings (SSSR count). The first-order chi connectivity index (χ1) is 12.0. The van der Waals surface area contributed by atoms with Gasteiger partial charge in [0.25, 0.3) is 5.91 Å². The Bertz CT molecular complexity index is 509. The van der Waals surface area contributed by atoms with Gasteiger partial charge in [-0.05, 0) is 18.8 Å². The lowest BCUT2D eigenvalue weighted by atomic mass is 10.1. The van der Waals surface area contributed by atoms with E-state index in [1.54, 1.807) is 23.7 Å². The summed E-state index contributed by atoms with van der Waals surface area (Å²) in [5.41, 5.74) is 0. The van der Waals surface area contributed by atoms with E-state index in [0.29, 0.717) is 5.92 Å². The third-order valence-corrected chi connectivity index (χ3v) is 5.79. The van der Waals surface area contributed by atoms with Crippen LogP contribution in [0.5, 0.6) is 0 Å². The number of nitrogens with one attached hydrogen (secondary N) is 1. The maximum atomic E-state index is 12.4. The van der Waals surface area contributed by atoms with Crippen molar-refractivity contribution in [2.24, 2.45) is 10.9 Å². The number of hydrogen-bond donors (Lipinski definition) is 1. The fraction of sp³-hybridized carbons (Fsp3) is 0.833. The van der Waals surface area contributed by atoms with Crippen LogP contribution >= 0.6 is 11.8 Å². The Morgan fingerprint density at radius 2 is 1.92 bits per heavy atom. The van der Waals surface area contributed by atoms with Crippen molar-refractivity contribution in [2.75, 3.05) is 19.3 Å². The third-order valence-electron chi connectivity index (χ3n) is 4.75. The number of urea groups is 1. The van der Waals surface area contributed by atoms with Crippen molar-refractivity contribution in [3.05, 3.63) is 0 Å². The summed E-state index contributed by atoms with van der Waals surface area (Å²) in [6.07, 6.45) is 6.66. The van der Waals surface area contributed by atoms with Crippen LogP contribution in [0.4, 0.5) is 4.79 Å². The number of nitrogens with zero attached hydrogens (tertiary/aromatic N) is 3. The monoisotopic (exact) mass is 368 g/mol. The van der Waals surface area contributed by atoms with Gasteiger partial charge in [0.15, 0.2) is 17.4 Å². The number of imide groups is 1. The Labute approximate surface area is 155 Å². The summed E-state index contributed by atoms with van der Waals surface area (Å²) in [6, 6.07) is -0.734. The molecule has 2 aliphatic rings. The molecule has 0 spiro atoms. The number of fused-ring (bicyclic) bond motifs is 1. The molecule has 3 amide bonds. The number of thioether (sulfide) groups is 1. The fourth-order valence-corrected chi connectivity index (χ4v) is 4.45. The molecule has 1 N–H and O–H groups in total. The second-order valence-electron chi connectivity index (χ2n) is 7.31. The number of likely N-dealkylation sites (N-methyl/N-ethyl adjacent to an activating group) is 1. The highest BCUT2D eigenvalue weighted by atomic mass is 32.2. The van der Waals surface area contributed by atoms with Crippen LogP contribution in [0, 0.1) is 5.92 Å². The van der Waals surface area contributed by atoms with Gasteiger partial charge in [-0.2, -0.15) is 0 Å². The summed E-state index contributed by atoms with van der Waals surface area (Å²) in [7, 11) is 1.71. The van der Waals surface area contributed by atoms with Gasteiger partial charge < -0.3 is 9.80 Å². The van der Waals surface area contributed by atoms with Crippen molar-refractivity contribution in [2.45, 2.75) is 71.5 Å². The van der Waals surface area contributed by atoms with Gasteiger partial charge in [0, 0.05) is 19.3 Å². The van der Waals surface area contributed by atoms with Crippen molar-refractivity contribution in [1.82, 2.24) is 15.1 Å². The molecule has 0 saturated carbocycles. The molecular weight excluding hydrogens is 336 g/mol. The Morgan fingerprint density at radius 3 is 2.60 bits per heavy atom. The van der Waals surface area contributed by atoms with Gasteiger partial charge in [0.2, 0.25) is 0 Å². The van der Waals surface area contributed by atoms with Gasteiger partial charge in [-0.1, -0.05) is 58.2 Å². The second-order valence-corrected chi connectivity index (χ2v) is 8.38. The van der Waals surface area contributed by atoms with Crippen molar-refractivity contribution >= 4 is 28.9 Å². The number of hydrogen-bond acceptors (Lipinski definition) is 5. The van der Waals surface area contributed by atoms with E-state index in [4.69, 9.17) is 4.99 Å². The van der Waals surface area contributed by atoms with E-state index in [-0.39, 0.29) is 18.0 Å². The molecule has 25 heavy (non-hydrogen) atoms. The summed E-state index contributed by atoms with van der Waals surface area (Å²) in [5.74, 6) is 1.42. The van der Waals surface area contributed by atoms with E-state index >= 15 is 0 Å². The Kier molecular flexibility index (Phi) is 7.59. The predicted molar refractivity (Wildman–Crippen MR) is 104 cm³/mol. The molecule has 0 aliphatic carbocycles. The zero-order chi connectivity index (χ0) is 18.4. The minimum absolute atomic E-state index is 0.218. The van der Waals surface area contributed by atoms with Crippen LogP contribution in [0.2, 0.25) is 0 Å². The number of amidine groups is 1. The Morgan fingerprint density at radius 1 is 1.20 bits per heavy atom. The lowest BCUT2D eigenvalue weighted by molar-refractivity contribution is -0.127. The molecule has 0 bridgehead atoms. The van der Waals surface area contributed by atoms with E-state index < -0.39 is 6.17 Å². The second kappa shape index (κ2) is 9.46. The number of unbranched alkanes of at least 4 members (excludes halogenated alkanes) is 4. The number of amides is 3. The number of carbonyl (C=O) groups is 2. The number of aliphatic imine (C=N–C) groups is 1. The van der Waals surface area contributed by atoms with E-state index in [1.807, 2.05) is 0 Å². The molecule has 0 aromatic heterocycles. The molecule has 142 valence electrons. The van der Waals surface area contributed by atoms with E-state index in [0.717, 1.165) is 30.3 Å². The summed E-state index contributed by atoms with van der Waals surface area (Å²) in [5, 5.41) is 3.38. The Hall–Kier alpha value is -1.24. The van der Waals surface area contributed by atoms with Gasteiger partial charge >= 0.3 is 6.03 Å². The van der Waals surface area contributed by atoms with Gasteiger partial charge in [0.1, 0.15) is 0 Å². The summed E-state index contributed by atoms with van der Waals surface area (Å²) in [6.45, 7) is 7.46. The van der Waals surface area contributed by atoms with E-state index in [2.05, 4.69) is 31.0 Å². The Balaban J connectivity index is 2.03. The van der Waals surface area contributed by atoms with Crippen LogP contribution in [0.1, 0.15) is 59.3 Å². The highest BCUT2D eigenvalue weighted by molar-refractivity contribution is 8.13. The van der Waals surface area contributed by atoms with Crippen LogP contribution < -0.4 is 5.32 Å². The molecule has 7 heteroatoms. The van der Waals surface area contributed by atoms with Crippen LogP contribution in [-0.4, -0.2) is 58.5 Å². The van der Waals surface area contributed by atoms with Gasteiger partial charge in [0.05, 0.1) is 0 Å². The van der Waals surface area contributed by atoms with Crippen molar-refractivity contribution in [3.8, 4) is 0 Å². The van der Waals surface area contributed by atoms with E-state index in [9.17, 15) is 9.59 Å². The molecule has 1 fully saturated rings. The summed E-state index contributed by atoms with van der Waals surface area (Å²) >= 11 is 1.72. The average molecular weight is 369 g/mol. The standard InChI is InChI=1S/C18H32N4O2S/c1-5-6-7-8-9-11-22-14-15(21(4)17(24)20-16(14)23)19-18(22)25-12-10-13(2)3/h13-15H,5-12H2,1-4H3,(H,20,23,24). The molecule has 0 radical (unpaired) electrons. The average Bonchev–Trinajstić information content (AvgIpc) is 2.91. The quantitative estimate of drug-likeness (QED) is 0.634. The van der Waals surface area contributed by atoms with E-state index in [1.165, 1.54) is 25.7 Å². The smallest absolute Gasteiger partial charge is 0.325 e. The first kappa shape index (κ1) is 20.1. The highest BCUT2D eigenvalue weighted by Gasteiger charge is 2.48. The van der Waals surface area contributed by atoms with Gasteiger partial charge in [-0.3, -0.25) is 10.1 Å². The molecular formula is C18H32N4O2S. The van der Waals surface area contributed by atoms with Crippen molar-refractivity contribution in [3.63, 3.8) is 0 Å². The zero-order valence-electron chi connectivity index (χ0n) is 16.0. The minimum atomic E-state index is -0.390. The van der Waals surface area contributed by atoms with Gasteiger partial charge in [-0.25, -0.2) is 9.79 Å². The topological polar surface area (TPSA) is 65.0 Å². The molecule has 2 aliphatic heterocycles. The molecule has 1 saturated heterocycles. The maximum absolute atomic E-state index is 12.4. The van der Waals surface area contributed by atoms with Crippen molar-refractivity contribution in [1.29, 1.82) is 0 Å². The molecule has 0 aromatic carbocycles. The largest absolute Gasteiger partial charge is 0.336 e. The summed E-state index contributed by atoms with van der Waals surface area (Å²) in [4.78, 5) is 32.7. The first-order valence-corrected chi connectivity index (χ1v) is 10.5. The summed E-state index contributed by atoms with van der Waals surface area (Å²) < 4.78 is 0. The number of rotatable bonds is 9. The highest BCUT2D eigenvalue weighted by Crippen LogP contribution is 2.29. The normalized spacial score (nSPS) is 23.2. The number of carbonyl (C=O) groups excluding carboxylic acids is 2. The zero-order valence-corrected chi connectivity index (χ0v) is 16.8. The molecule has 6 nitrogen and oxygen atoms in total. The maximum Gasteiger partial charge on any atom is 0.325 e. The minimum Gasteiger partial charge on any atom is -0.336 e. The third kappa shape index (κ3) is 5.12. The lowest BCUT2D eigenvalue weighted by Crippen LogP contribution is -2.63. The van der Waals surface area contributed by atoms with Crippen LogP contribution in [-0.2, 0) is 4.79 Å². The first-order valence-electron chi connectivity index (χ1n) is 9.50. The SMILES string of the molecule is CCCCCCCN1C(SCCC(C)C)=NC2C1C(=O)NC(=O)N2C. The van der Waals surface area contributed by atoms with Crippen LogP contribution in [0.15, 0.2) is 4.99 Å². The van der Waals surface area contributed by atoms with Crippen LogP contribution in [0.25, 0.3) is 0 Å². The van der Waals surface area contributed by atoms with Crippen LogP contribution in [0.3, 0.4) is 0 Å². The molecule has 2 atom stereocenters. The predicted octanol–water partition coefficient (Wildman–Crippen LogP) is 3.28. The lowest BCUT2D eigenvalue weighted by Gasteiger charge is -2.36. The van der Waals surface area contributed by atoms with Crippen molar-refractivity contribution < 1.29 is 9.59 Å².